The first-order chi connectivity index (χ1) is 6.50. The van der Waals surface area contributed by atoms with Crippen molar-refractivity contribution < 1.29 is 5.11 Å². The van der Waals surface area contributed by atoms with Gasteiger partial charge in [0.2, 0.25) is 0 Å². The van der Waals surface area contributed by atoms with Gasteiger partial charge in [0.25, 0.3) is 0 Å². The summed E-state index contributed by atoms with van der Waals surface area (Å²) in [5.74, 6) is 0. The van der Waals surface area contributed by atoms with Crippen LogP contribution in [0, 0.1) is 0 Å². The molecule has 0 heterocycles. The molecule has 0 radical (unpaired) electrons. The SMILES string of the molecule is CCCCCCCNC(C)(C)C(C)O. The van der Waals surface area contributed by atoms with Crippen LogP contribution in [0.4, 0.5) is 0 Å². The molecule has 0 saturated carbocycles. The summed E-state index contributed by atoms with van der Waals surface area (Å²) >= 11 is 0. The highest BCUT2D eigenvalue weighted by Gasteiger charge is 2.22. The van der Waals surface area contributed by atoms with Gasteiger partial charge in [-0.3, -0.25) is 0 Å². The van der Waals surface area contributed by atoms with Gasteiger partial charge < -0.3 is 10.4 Å². The van der Waals surface area contributed by atoms with E-state index >= 15 is 0 Å². The van der Waals surface area contributed by atoms with E-state index in [9.17, 15) is 5.11 Å². The molecule has 0 aliphatic carbocycles. The summed E-state index contributed by atoms with van der Waals surface area (Å²) in [6.45, 7) is 9.17. The zero-order chi connectivity index (χ0) is 11.0. The number of nitrogens with one attached hydrogen (secondary N) is 1. The second-order valence-corrected chi connectivity index (χ2v) is 4.74. The molecule has 0 fully saturated rings. The van der Waals surface area contributed by atoms with E-state index < -0.39 is 0 Å². The lowest BCUT2D eigenvalue weighted by Gasteiger charge is -2.29. The fraction of sp³-hybridized carbons (Fsp3) is 1.00. The van der Waals surface area contributed by atoms with E-state index in [0.717, 1.165) is 6.54 Å². The Balaban J connectivity index is 3.35. The first kappa shape index (κ1) is 13.9. The van der Waals surface area contributed by atoms with Crippen LogP contribution in [-0.4, -0.2) is 23.3 Å². The molecule has 0 saturated heterocycles. The highest BCUT2D eigenvalue weighted by atomic mass is 16.3. The third-order valence-corrected chi connectivity index (χ3v) is 2.91. The van der Waals surface area contributed by atoms with E-state index in [1.807, 2.05) is 20.8 Å². The van der Waals surface area contributed by atoms with Gasteiger partial charge in [0.05, 0.1) is 6.10 Å². The van der Waals surface area contributed by atoms with Crippen LogP contribution in [0.3, 0.4) is 0 Å². The fourth-order valence-corrected chi connectivity index (χ4v) is 1.29. The number of hydrogen-bond donors (Lipinski definition) is 2. The van der Waals surface area contributed by atoms with Crippen molar-refractivity contribution in [3.8, 4) is 0 Å². The van der Waals surface area contributed by atoms with Crippen LogP contribution >= 0.6 is 0 Å². The lowest BCUT2D eigenvalue weighted by molar-refractivity contribution is 0.0966. The van der Waals surface area contributed by atoms with E-state index in [2.05, 4.69) is 12.2 Å². The largest absolute Gasteiger partial charge is 0.392 e. The van der Waals surface area contributed by atoms with Crippen molar-refractivity contribution in [3.05, 3.63) is 0 Å². The predicted octanol–water partition coefficient (Wildman–Crippen LogP) is 2.71. The van der Waals surface area contributed by atoms with Crippen LogP contribution in [0.2, 0.25) is 0 Å². The number of unbranched alkanes of at least 4 members (excludes halogenated alkanes) is 4. The average molecular weight is 201 g/mol. The Kier molecular flexibility index (Phi) is 7.20. The molecule has 0 aromatic heterocycles. The second kappa shape index (κ2) is 7.24. The van der Waals surface area contributed by atoms with Gasteiger partial charge in [0.1, 0.15) is 0 Å². The number of rotatable bonds is 8. The predicted molar refractivity (Wildman–Crippen MR) is 62.5 cm³/mol. The molecule has 0 rings (SSSR count). The molecule has 0 aromatic carbocycles. The summed E-state index contributed by atoms with van der Waals surface area (Å²) in [5.41, 5.74) is -0.148. The monoisotopic (exact) mass is 201 g/mol. The standard InChI is InChI=1S/C12H27NO/c1-5-6-7-8-9-10-13-12(3,4)11(2)14/h11,13-14H,5-10H2,1-4H3. The van der Waals surface area contributed by atoms with E-state index in [1.165, 1.54) is 32.1 Å². The third-order valence-electron chi connectivity index (χ3n) is 2.91. The molecule has 14 heavy (non-hydrogen) atoms. The zero-order valence-corrected chi connectivity index (χ0v) is 10.3. The van der Waals surface area contributed by atoms with E-state index in [4.69, 9.17) is 0 Å². The Morgan fingerprint density at radius 2 is 1.71 bits per heavy atom. The molecule has 2 N–H and O–H groups in total. The summed E-state index contributed by atoms with van der Waals surface area (Å²) in [5, 5.41) is 12.8. The molecule has 0 aliphatic rings. The molecule has 2 heteroatoms. The molecular weight excluding hydrogens is 174 g/mol. The Labute approximate surface area is 89.1 Å². The maximum absolute atomic E-state index is 9.46. The molecule has 1 unspecified atom stereocenters. The smallest absolute Gasteiger partial charge is 0.0688 e. The van der Waals surface area contributed by atoms with Crippen molar-refractivity contribution in [1.82, 2.24) is 5.32 Å². The van der Waals surface area contributed by atoms with Gasteiger partial charge >= 0.3 is 0 Å². The van der Waals surface area contributed by atoms with Crippen LogP contribution in [-0.2, 0) is 0 Å². The molecule has 0 aliphatic heterocycles. The number of aliphatic hydroxyl groups excluding tert-OH is 1. The maximum Gasteiger partial charge on any atom is 0.0688 e. The van der Waals surface area contributed by atoms with Crippen LogP contribution in [0.25, 0.3) is 0 Å². The van der Waals surface area contributed by atoms with Crippen molar-refractivity contribution >= 4 is 0 Å². The van der Waals surface area contributed by atoms with Gasteiger partial charge in [-0.15, -0.1) is 0 Å². The summed E-state index contributed by atoms with van der Waals surface area (Å²) in [7, 11) is 0. The molecule has 86 valence electrons. The molecule has 1 atom stereocenters. The summed E-state index contributed by atoms with van der Waals surface area (Å²) < 4.78 is 0. The van der Waals surface area contributed by atoms with Gasteiger partial charge in [0.15, 0.2) is 0 Å². The van der Waals surface area contributed by atoms with Gasteiger partial charge in [0, 0.05) is 5.54 Å². The highest BCUT2D eigenvalue weighted by Crippen LogP contribution is 2.09. The summed E-state index contributed by atoms with van der Waals surface area (Å²) in [4.78, 5) is 0. The van der Waals surface area contributed by atoms with Crippen molar-refractivity contribution in [2.24, 2.45) is 0 Å². The van der Waals surface area contributed by atoms with Crippen molar-refractivity contribution in [2.45, 2.75) is 71.4 Å². The van der Waals surface area contributed by atoms with Crippen LogP contribution in [0.15, 0.2) is 0 Å². The Bertz CT molecular complexity index is 132. The van der Waals surface area contributed by atoms with Gasteiger partial charge in [-0.25, -0.2) is 0 Å². The van der Waals surface area contributed by atoms with E-state index in [0.29, 0.717) is 0 Å². The zero-order valence-electron chi connectivity index (χ0n) is 10.3. The first-order valence-electron chi connectivity index (χ1n) is 5.93. The summed E-state index contributed by atoms with van der Waals surface area (Å²) in [6, 6.07) is 0. The minimum Gasteiger partial charge on any atom is -0.392 e. The Hall–Kier alpha value is -0.0800. The van der Waals surface area contributed by atoms with E-state index in [1.54, 1.807) is 0 Å². The number of aliphatic hydroxyl groups is 1. The normalized spacial score (nSPS) is 14.4. The molecule has 0 spiro atoms. The van der Waals surface area contributed by atoms with Crippen LogP contribution in [0.5, 0.6) is 0 Å². The summed E-state index contributed by atoms with van der Waals surface area (Å²) in [6.07, 6.45) is 6.21. The lowest BCUT2D eigenvalue weighted by atomic mass is 9.98. The fourth-order valence-electron chi connectivity index (χ4n) is 1.29. The Morgan fingerprint density at radius 1 is 1.14 bits per heavy atom. The minimum absolute atomic E-state index is 0.148. The van der Waals surface area contributed by atoms with Gasteiger partial charge in [-0.05, 0) is 33.7 Å². The van der Waals surface area contributed by atoms with Crippen molar-refractivity contribution in [3.63, 3.8) is 0 Å². The molecular formula is C12H27NO. The molecule has 0 aromatic rings. The Morgan fingerprint density at radius 3 is 2.21 bits per heavy atom. The second-order valence-electron chi connectivity index (χ2n) is 4.74. The van der Waals surface area contributed by atoms with Crippen molar-refractivity contribution in [1.29, 1.82) is 0 Å². The lowest BCUT2D eigenvalue weighted by Crippen LogP contribution is -2.48. The third kappa shape index (κ3) is 6.39. The topological polar surface area (TPSA) is 32.3 Å². The molecule has 0 bridgehead atoms. The first-order valence-corrected chi connectivity index (χ1v) is 5.93. The quantitative estimate of drug-likeness (QED) is 0.592. The molecule has 2 nitrogen and oxygen atoms in total. The maximum atomic E-state index is 9.46. The van der Waals surface area contributed by atoms with Crippen molar-refractivity contribution in [2.75, 3.05) is 6.54 Å². The molecule has 0 amide bonds. The highest BCUT2D eigenvalue weighted by molar-refractivity contribution is 4.82. The van der Waals surface area contributed by atoms with Crippen LogP contribution < -0.4 is 5.32 Å². The van der Waals surface area contributed by atoms with Gasteiger partial charge in [-0.1, -0.05) is 32.6 Å². The average Bonchev–Trinajstić information content (AvgIpc) is 2.10. The number of hydrogen-bond acceptors (Lipinski definition) is 2. The van der Waals surface area contributed by atoms with Crippen LogP contribution in [0.1, 0.15) is 59.8 Å². The minimum atomic E-state index is -0.293. The van der Waals surface area contributed by atoms with E-state index in [-0.39, 0.29) is 11.6 Å². The van der Waals surface area contributed by atoms with Gasteiger partial charge in [-0.2, -0.15) is 0 Å².